The van der Waals surface area contributed by atoms with Gasteiger partial charge < -0.3 is 10.2 Å². The number of rotatable bonds is 5. The summed E-state index contributed by atoms with van der Waals surface area (Å²) in [5.74, 6) is -1.62. The van der Waals surface area contributed by atoms with Gasteiger partial charge in [0.1, 0.15) is 11.8 Å². The summed E-state index contributed by atoms with van der Waals surface area (Å²) in [5, 5.41) is 18.3. The molecule has 0 aliphatic rings. The van der Waals surface area contributed by atoms with E-state index < -0.39 is 22.0 Å². The first kappa shape index (κ1) is 15.5. The van der Waals surface area contributed by atoms with Gasteiger partial charge in [-0.05, 0) is 30.2 Å². The molecule has 1 rings (SSSR count). The maximum Gasteiger partial charge on any atom is 0.322 e. The number of carboxylic acids is 1. The lowest BCUT2D eigenvalue weighted by molar-refractivity contribution is -0.142. The van der Waals surface area contributed by atoms with Crippen molar-refractivity contribution < 1.29 is 23.4 Å². The van der Waals surface area contributed by atoms with Crippen LogP contribution >= 0.6 is 0 Å². The number of sulfonamides is 1. The van der Waals surface area contributed by atoms with Crippen molar-refractivity contribution in [3.8, 4) is 5.75 Å². The largest absolute Gasteiger partial charge is 0.508 e. The first-order chi connectivity index (χ1) is 8.67. The fraction of sp³-hybridized carbons (Fsp3) is 0.417. The van der Waals surface area contributed by atoms with Gasteiger partial charge in [0, 0.05) is 7.05 Å². The number of nitrogens with zero attached hydrogens (tertiary/aromatic N) is 1. The Morgan fingerprint density at radius 2 is 1.68 bits per heavy atom. The van der Waals surface area contributed by atoms with Gasteiger partial charge in [-0.25, -0.2) is 8.42 Å². The molecule has 2 N–H and O–H groups in total. The third kappa shape index (κ3) is 3.24. The lowest BCUT2D eigenvalue weighted by Crippen LogP contribution is -2.45. The van der Waals surface area contributed by atoms with Crippen molar-refractivity contribution in [2.75, 3.05) is 7.05 Å². The number of phenolic OH excluding ortho intramolecular Hbond substituents is 1. The highest BCUT2D eigenvalue weighted by Gasteiger charge is 2.34. The Morgan fingerprint density at radius 3 is 2.05 bits per heavy atom. The summed E-state index contributed by atoms with van der Waals surface area (Å²) in [7, 11) is -2.67. The van der Waals surface area contributed by atoms with Gasteiger partial charge >= 0.3 is 5.97 Å². The predicted octanol–water partition coefficient (Wildman–Crippen LogP) is 1.12. The monoisotopic (exact) mass is 287 g/mol. The van der Waals surface area contributed by atoms with E-state index in [1.807, 2.05) is 0 Å². The lowest BCUT2D eigenvalue weighted by atomic mass is 10.1. The second-order valence-electron chi connectivity index (χ2n) is 4.54. The van der Waals surface area contributed by atoms with Gasteiger partial charge in [0.05, 0.1) is 4.90 Å². The molecule has 0 fully saturated rings. The van der Waals surface area contributed by atoms with Crippen molar-refractivity contribution >= 4 is 16.0 Å². The van der Waals surface area contributed by atoms with Crippen molar-refractivity contribution in [1.29, 1.82) is 0 Å². The topological polar surface area (TPSA) is 94.9 Å². The van der Waals surface area contributed by atoms with E-state index in [2.05, 4.69) is 0 Å². The molecule has 6 nitrogen and oxygen atoms in total. The van der Waals surface area contributed by atoms with Crippen LogP contribution < -0.4 is 0 Å². The smallest absolute Gasteiger partial charge is 0.322 e. The third-order valence-electron chi connectivity index (χ3n) is 2.79. The van der Waals surface area contributed by atoms with Gasteiger partial charge in [-0.1, -0.05) is 13.8 Å². The number of phenols is 1. The number of aromatic hydroxyl groups is 1. The van der Waals surface area contributed by atoms with Crippen LogP contribution in [0.3, 0.4) is 0 Å². The minimum absolute atomic E-state index is 0.0553. The highest BCUT2D eigenvalue weighted by atomic mass is 32.2. The fourth-order valence-electron chi connectivity index (χ4n) is 1.79. The molecule has 0 heterocycles. The van der Waals surface area contributed by atoms with E-state index in [0.29, 0.717) is 0 Å². The molecule has 0 bridgehead atoms. The average Bonchev–Trinajstić information content (AvgIpc) is 2.28. The molecule has 1 unspecified atom stereocenters. The number of likely N-dealkylation sites (N-methyl/N-ethyl adjacent to an activating group) is 1. The zero-order valence-corrected chi connectivity index (χ0v) is 11.8. The molecule has 1 atom stereocenters. The molecule has 0 saturated carbocycles. The molecule has 0 spiro atoms. The summed E-state index contributed by atoms with van der Waals surface area (Å²) in [5.41, 5.74) is 0. The Balaban J connectivity index is 3.19. The number of aliphatic carboxylic acids is 1. The Kier molecular flexibility index (Phi) is 4.54. The molecule has 7 heteroatoms. The van der Waals surface area contributed by atoms with Gasteiger partial charge in [0.25, 0.3) is 0 Å². The van der Waals surface area contributed by atoms with Crippen LogP contribution in [0.2, 0.25) is 0 Å². The van der Waals surface area contributed by atoms with Gasteiger partial charge in [-0.15, -0.1) is 0 Å². The number of hydrogen-bond acceptors (Lipinski definition) is 4. The minimum Gasteiger partial charge on any atom is -0.508 e. The summed E-state index contributed by atoms with van der Waals surface area (Å²) in [6, 6.07) is 3.82. The number of carbonyl (C=O) groups is 1. The van der Waals surface area contributed by atoms with Crippen molar-refractivity contribution in [3.63, 3.8) is 0 Å². The zero-order chi connectivity index (χ0) is 14.8. The van der Waals surface area contributed by atoms with Gasteiger partial charge in [0.2, 0.25) is 10.0 Å². The van der Waals surface area contributed by atoms with Gasteiger partial charge in [0.15, 0.2) is 0 Å². The van der Waals surface area contributed by atoms with Crippen LogP contribution in [-0.4, -0.2) is 42.0 Å². The predicted molar refractivity (Wildman–Crippen MR) is 69.3 cm³/mol. The third-order valence-corrected chi connectivity index (χ3v) is 4.64. The van der Waals surface area contributed by atoms with Crippen LogP contribution in [-0.2, 0) is 14.8 Å². The molecular formula is C12H17NO5S. The van der Waals surface area contributed by atoms with E-state index in [1.165, 1.54) is 31.3 Å². The molecule has 1 aromatic rings. The minimum atomic E-state index is -3.90. The van der Waals surface area contributed by atoms with Crippen LogP contribution in [0.5, 0.6) is 5.75 Å². The highest BCUT2D eigenvalue weighted by Crippen LogP contribution is 2.22. The lowest BCUT2D eigenvalue weighted by Gasteiger charge is -2.26. The maximum absolute atomic E-state index is 12.3. The normalized spacial score (nSPS) is 13.7. The van der Waals surface area contributed by atoms with Crippen molar-refractivity contribution in [1.82, 2.24) is 4.31 Å². The molecule has 0 aromatic heterocycles. The number of carboxylic acid groups (broad SMARTS) is 1. The summed E-state index contributed by atoms with van der Waals surface area (Å²) >= 11 is 0. The Hall–Kier alpha value is -1.60. The maximum atomic E-state index is 12.3. The van der Waals surface area contributed by atoms with Crippen molar-refractivity contribution in [2.45, 2.75) is 24.8 Å². The first-order valence-corrected chi connectivity index (χ1v) is 7.11. The van der Waals surface area contributed by atoms with Crippen molar-refractivity contribution in [2.24, 2.45) is 5.92 Å². The molecule has 0 aliphatic heterocycles. The average molecular weight is 287 g/mol. The summed E-state index contributed by atoms with van der Waals surface area (Å²) in [6.07, 6.45) is 0. The van der Waals surface area contributed by atoms with E-state index in [9.17, 15) is 13.2 Å². The molecular weight excluding hydrogens is 270 g/mol. The summed E-state index contributed by atoms with van der Waals surface area (Å²) in [6.45, 7) is 3.28. The van der Waals surface area contributed by atoms with E-state index >= 15 is 0 Å². The van der Waals surface area contributed by atoms with E-state index in [1.54, 1.807) is 13.8 Å². The zero-order valence-electron chi connectivity index (χ0n) is 10.9. The van der Waals surface area contributed by atoms with Crippen LogP contribution in [0.25, 0.3) is 0 Å². The Bertz CT molecular complexity index is 550. The van der Waals surface area contributed by atoms with E-state index in [-0.39, 0.29) is 16.6 Å². The molecule has 19 heavy (non-hydrogen) atoms. The van der Waals surface area contributed by atoms with Crippen LogP contribution in [0.15, 0.2) is 29.2 Å². The second-order valence-corrected chi connectivity index (χ2v) is 6.54. The fourth-order valence-corrected chi connectivity index (χ4v) is 3.24. The SMILES string of the molecule is CC(C)C(C(=O)O)N(C)S(=O)(=O)c1ccc(O)cc1. The summed E-state index contributed by atoms with van der Waals surface area (Å²) in [4.78, 5) is 11.1. The van der Waals surface area contributed by atoms with E-state index in [4.69, 9.17) is 10.2 Å². The second kappa shape index (κ2) is 5.58. The standard InChI is InChI=1S/C12H17NO5S/c1-8(2)11(12(15)16)13(3)19(17,18)10-6-4-9(14)5-7-10/h4-8,11,14H,1-3H3,(H,15,16). The molecule has 1 aromatic carbocycles. The van der Waals surface area contributed by atoms with Crippen LogP contribution in [0, 0.1) is 5.92 Å². The number of benzene rings is 1. The highest BCUT2D eigenvalue weighted by molar-refractivity contribution is 7.89. The Morgan fingerprint density at radius 1 is 1.21 bits per heavy atom. The number of hydrogen-bond donors (Lipinski definition) is 2. The first-order valence-electron chi connectivity index (χ1n) is 5.67. The van der Waals surface area contributed by atoms with Crippen molar-refractivity contribution in [3.05, 3.63) is 24.3 Å². The summed E-state index contributed by atoms with van der Waals surface area (Å²) < 4.78 is 25.4. The quantitative estimate of drug-likeness (QED) is 0.846. The molecule has 106 valence electrons. The van der Waals surface area contributed by atoms with Gasteiger partial charge in [-0.2, -0.15) is 4.31 Å². The molecule has 0 amide bonds. The molecule has 0 radical (unpaired) electrons. The molecule has 0 aliphatic carbocycles. The molecule has 0 saturated heterocycles. The Labute approximate surface area is 112 Å². The van der Waals surface area contributed by atoms with Crippen LogP contribution in [0.4, 0.5) is 0 Å². The van der Waals surface area contributed by atoms with Crippen LogP contribution in [0.1, 0.15) is 13.8 Å². The van der Waals surface area contributed by atoms with Gasteiger partial charge in [-0.3, -0.25) is 4.79 Å². The van der Waals surface area contributed by atoms with E-state index in [0.717, 1.165) is 4.31 Å².